The van der Waals surface area contributed by atoms with Gasteiger partial charge in [0.05, 0.1) is 0 Å². The summed E-state index contributed by atoms with van der Waals surface area (Å²) in [4.78, 5) is 0. The molecule has 10 heavy (non-hydrogen) atoms. The molecule has 0 amide bonds. The van der Waals surface area contributed by atoms with Crippen LogP contribution >= 0.6 is 0 Å². The number of aryl methyl sites for hydroxylation is 1. The minimum absolute atomic E-state index is 0. The van der Waals surface area contributed by atoms with Crippen molar-refractivity contribution in [1.29, 1.82) is 0 Å². The van der Waals surface area contributed by atoms with E-state index < -0.39 is 0 Å². The van der Waals surface area contributed by atoms with Gasteiger partial charge in [0.15, 0.2) is 0 Å². The predicted octanol–water partition coefficient (Wildman–Crippen LogP) is 1.61. The monoisotopic (exact) mass is 307 g/mol. The normalized spacial score (nSPS) is 6.70. The maximum atomic E-state index is 3.67. The summed E-state index contributed by atoms with van der Waals surface area (Å²) in [5.74, 6) is 0. The van der Waals surface area contributed by atoms with Crippen molar-refractivity contribution < 1.29 is 21.1 Å². The molecule has 0 saturated carbocycles. The molecule has 2 nitrogen and oxygen atoms in total. The molecule has 1 heterocycles. The van der Waals surface area contributed by atoms with Crippen molar-refractivity contribution in [2.45, 2.75) is 20.8 Å². The number of aromatic nitrogens is 2. The second-order valence-corrected chi connectivity index (χ2v) is 1.30. The zero-order valence-corrected chi connectivity index (χ0v) is 9.39. The molecule has 0 aliphatic heterocycles. The van der Waals surface area contributed by atoms with Gasteiger partial charge in [0, 0.05) is 21.1 Å². The Morgan fingerprint density at radius 1 is 1.40 bits per heavy atom. The average Bonchev–Trinajstić information content (AvgIpc) is 1.94. The smallest absolute Gasteiger partial charge is 0 e. The van der Waals surface area contributed by atoms with Crippen LogP contribution in [-0.4, -0.2) is 10.2 Å². The van der Waals surface area contributed by atoms with Gasteiger partial charge in [-0.15, -0.1) is 6.20 Å². The Bertz CT molecular complexity index is 142. The standard InChI is InChI=1S/C5H5N2.C2H6.W/c1-5-3-2-4-6-7-5;1-2;/h2-3H,1H3;1-2H3;/q-1;;. The first-order chi connectivity index (χ1) is 4.39. The van der Waals surface area contributed by atoms with Gasteiger partial charge < -0.3 is 0 Å². The van der Waals surface area contributed by atoms with Crippen molar-refractivity contribution in [2.75, 3.05) is 0 Å². The summed E-state index contributed by atoms with van der Waals surface area (Å²) in [7, 11) is 0. The van der Waals surface area contributed by atoms with Crippen molar-refractivity contribution in [3.8, 4) is 0 Å². The number of hydrogen-bond acceptors (Lipinski definition) is 2. The summed E-state index contributed by atoms with van der Waals surface area (Å²) in [6, 6.07) is 3.59. The molecule has 0 N–H and O–H groups in total. The molecule has 0 atom stereocenters. The topological polar surface area (TPSA) is 25.8 Å². The summed E-state index contributed by atoms with van der Waals surface area (Å²) in [5.41, 5.74) is 0.929. The Hall–Kier alpha value is -0.232. The van der Waals surface area contributed by atoms with Crippen molar-refractivity contribution in [1.82, 2.24) is 10.2 Å². The molecule has 0 radical (unpaired) electrons. The third kappa shape index (κ3) is 5.90. The zero-order valence-electron chi connectivity index (χ0n) is 6.46. The molecule has 0 aliphatic carbocycles. The molecule has 0 aliphatic rings. The van der Waals surface area contributed by atoms with E-state index in [1.165, 1.54) is 0 Å². The number of rotatable bonds is 0. The zero-order chi connectivity index (χ0) is 7.11. The molecule has 0 spiro atoms. The van der Waals surface area contributed by atoms with Gasteiger partial charge in [-0.1, -0.05) is 13.8 Å². The minimum Gasteiger partial charge on any atom is -0.268 e. The minimum atomic E-state index is 0. The van der Waals surface area contributed by atoms with Crippen LogP contribution in [0.5, 0.6) is 0 Å². The fourth-order valence-corrected chi connectivity index (χ4v) is 0.332. The van der Waals surface area contributed by atoms with Crippen LogP contribution in [-0.2, 0) is 21.1 Å². The van der Waals surface area contributed by atoms with E-state index in [-0.39, 0.29) is 21.1 Å². The van der Waals surface area contributed by atoms with E-state index in [4.69, 9.17) is 0 Å². The van der Waals surface area contributed by atoms with Crippen molar-refractivity contribution in [2.24, 2.45) is 0 Å². The number of nitrogens with zero attached hydrogens (tertiary/aromatic N) is 2. The van der Waals surface area contributed by atoms with E-state index in [2.05, 4.69) is 16.4 Å². The first kappa shape index (κ1) is 12.4. The Morgan fingerprint density at radius 3 is 2.20 bits per heavy atom. The molecule has 1 rings (SSSR count). The predicted molar refractivity (Wildman–Crippen MR) is 37.0 cm³/mol. The Labute approximate surface area is 76.3 Å². The molecular weight excluding hydrogens is 296 g/mol. The average molecular weight is 307 g/mol. The molecule has 0 bridgehead atoms. The van der Waals surface area contributed by atoms with Crippen LogP contribution in [0.3, 0.4) is 0 Å². The molecule has 1 aromatic heterocycles. The third-order valence-corrected chi connectivity index (χ3v) is 0.665. The van der Waals surface area contributed by atoms with Crippen LogP contribution in [0, 0.1) is 13.1 Å². The van der Waals surface area contributed by atoms with E-state index >= 15 is 0 Å². The van der Waals surface area contributed by atoms with Gasteiger partial charge in [0.1, 0.15) is 0 Å². The first-order valence-electron chi connectivity index (χ1n) is 3.06. The van der Waals surface area contributed by atoms with Crippen molar-refractivity contribution in [3.63, 3.8) is 0 Å². The largest absolute Gasteiger partial charge is 0.268 e. The van der Waals surface area contributed by atoms with Gasteiger partial charge in [0.2, 0.25) is 0 Å². The fourth-order valence-electron chi connectivity index (χ4n) is 0.332. The van der Waals surface area contributed by atoms with Gasteiger partial charge in [0.25, 0.3) is 0 Å². The van der Waals surface area contributed by atoms with E-state index in [1.54, 1.807) is 6.07 Å². The van der Waals surface area contributed by atoms with E-state index in [0.717, 1.165) is 5.69 Å². The van der Waals surface area contributed by atoms with Crippen LogP contribution in [0.15, 0.2) is 12.1 Å². The summed E-state index contributed by atoms with van der Waals surface area (Å²) >= 11 is 0. The van der Waals surface area contributed by atoms with Crippen LogP contribution < -0.4 is 0 Å². The molecule has 0 aromatic carbocycles. The summed E-state index contributed by atoms with van der Waals surface area (Å²) in [5, 5.41) is 7.18. The molecular formula is C7H11N2W-. The molecule has 3 heteroatoms. The fraction of sp³-hybridized carbons (Fsp3) is 0.429. The molecule has 0 saturated heterocycles. The summed E-state index contributed by atoms with van der Waals surface area (Å²) < 4.78 is 0. The SMILES string of the molecule is CC.Cc1cc[c-]nn1.[W]. The van der Waals surface area contributed by atoms with Crippen LogP contribution in [0.25, 0.3) is 0 Å². The van der Waals surface area contributed by atoms with Crippen LogP contribution in [0.4, 0.5) is 0 Å². The molecule has 1 aromatic rings. The van der Waals surface area contributed by atoms with Gasteiger partial charge >= 0.3 is 0 Å². The Morgan fingerprint density at radius 2 is 2.00 bits per heavy atom. The van der Waals surface area contributed by atoms with Crippen LogP contribution in [0.2, 0.25) is 0 Å². The van der Waals surface area contributed by atoms with Gasteiger partial charge in [-0.2, -0.15) is 11.2 Å². The van der Waals surface area contributed by atoms with Gasteiger partial charge in [-0.05, 0) is 12.6 Å². The van der Waals surface area contributed by atoms with E-state index in [0.29, 0.717) is 0 Å². The summed E-state index contributed by atoms with van der Waals surface area (Å²) in [6.07, 6.45) is 2.57. The van der Waals surface area contributed by atoms with Crippen molar-refractivity contribution in [3.05, 3.63) is 24.0 Å². The Kier molecular flexibility index (Phi) is 10.9. The maximum Gasteiger partial charge on any atom is 0 e. The molecule has 56 valence electrons. The maximum absolute atomic E-state index is 3.67. The molecule has 0 unspecified atom stereocenters. The summed E-state index contributed by atoms with van der Waals surface area (Å²) in [6.45, 7) is 5.89. The van der Waals surface area contributed by atoms with Gasteiger partial charge in [-0.25, -0.2) is 6.07 Å². The van der Waals surface area contributed by atoms with Crippen LogP contribution in [0.1, 0.15) is 19.5 Å². The molecule has 0 fully saturated rings. The van der Waals surface area contributed by atoms with E-state index in [1.807, 2.05) is 26.8 Å². The van der Waals surface area contributed by atoms with Crippen molar-refractivity contribution >= 4 is 0 Å². The Balaban J connectivity index is 0. The van der Waals surface area contributed by atoms with E-state index in [9.17, 15) is 0 Å². The second kappa shape index (κ2) is 8.77. The third-order valence-electron chi connectivity index (χ3n) is 0.665. The first-order valence-corrected chi connectivity index (χ1v) is 3.06. The number of hydrogen-bond donors (Lipinski definition) is 0. The van der Waals surface area contributed by atoms with Gasteiger partial charge in [-0.3, -0.25) is 5.10 Å². The quantitative estimate of drug-likeness (QED) is 0.681. The second-order valence-electron chi connectivity index (χ2n) is 1.30.